The molecule has 4 aromatic rings. The second-order valence-electron chi connectivity index (χ2n) is 4.90. The van der Waals surface area contributed by atoms with E-state index in [1.54, 1.807) is 6.20 Å². The van der Waals surface area contributed by atoms with Gasteiger partial charge in [0.2, 0.25) is 0 Å². The van der Waals surface area contributed by atoms with Crippen LogP contribution in [0, 0.1) is 6.92 Å². The van der Waals surface area contributed by atoms with Gasteiger partial charge in [0.05, 0.1) is 16.2 Å². The largest absolute Gasteiger partial charge is 0.413 e. The highest BCUT2D eigenvalue weighted by atomic mass is 79.9. The van der Waals surface area contributed by atoms with E-state index in [0.717, 1.165) is 15.4 Å². The monoisotopic (exact) mass is 355 g/mol. The molecule has 0 aliphatic rings. The summed E-state index contributed by atoms with van der Waals surface area (Å²) in [7, 11) is 0. The Bertz CT molecular complexity index is 975. The molecule has 6 nitrogen and oxygen atoms in total. The molecule has 0 aliphatic carbocycles. The minimum atomic E-state index is 0.366. The summed E-state index contributed by atoms with van der Waals surface area (Å²) >= 11 is 3.37. The summed E-state index contributed by atoms with van der Waals surface area (Å²) < 4.78 is 6.45. The van der Waals surface area contributed by atoms with Crippen LogP contribution < -0.4 is 0 Å². The van der Waals surface area contributed by atoms with E-state index < -0.39 is 0 Å². The summed E-state index contributed by atoms with van der Waals surface area (Å²) in [6, 6.07) is 9.98. The van der Waals surface area contributed by atoms with E-state index in [-0.39, 0.29) is 0 Å². The number of aromatic amines is 1. The van der Waals surface area contributed by atoms with Crippen LogP contribution in [-0.2, 0) is 0 Å². The van der Waals surface area contributed by atoms with Gasteiger partial charge in [0, 0.05) is 5.39 Å². The van der Waals surface area contributed by atoms with Crippen LogP contribution in [0.2, 0.25) is 0 Å². The predicted octanol–water partition coefficient (Wildman–Crippen LogP) is 3.75. The first-order valence-electron chi connectivity index (χ1n) is 6.61. The summed E-state index contributed by atoms with van der Waals surface area (Å²) in [6.07, 6.45) is 1.63. The van der Waals surface area contributed by atoms with Gasteiger partial charge in [-0.2, -0.15) is 5.10 Å². The number of halogens is 1. The SMILES string of the molecule is Cc1ccc2nc(-c3nnc(-c4[nH]ncc4Br)o3)ccc2c1. The van der Waals surface area contributed by atoms with Gasteiger partial charge in [-0.15, -0.1) is 10.2 Å². The fourth-order valence-corrected chi connectivity index (χ4v) is 2.57. The van der Waals surface area contributed by atoms with Crippen molar-refractivity contribution in [2.24, 2.45) is 0 Å². The van der Waals surface area contributed by atoms with Crippen molar-refractivity contribution in [3.63, 3.8) is 0 Å². The number of H-pyrrole nitrogens is 1. The van der Waals surface area contributed by atoms with E-state index in [9.17, 15) is 0 Å². The highest BCUT2D eigenvalue weighted by Gasteiger charge is 2.15. The van der Waals surface area contributed by atoms with Gasteiger partial charge >= 0.3 is 0 Å². The van der Waals surface area contributed by atoms with Crippen LogP contribution in [0.25, 0.3) is 34.1 Å². The lowest BCUT2D eigenvalue weighted by molar-refractivity contribution is 0.579. The Morgan fingerprint density at radius 1 is 1.09 bits per heavy atom. The van der Waals surface area contributed by atoms with Gasteiger partial charge < -0.3 is 4.42 Å². The fourth-order valence-electron chi connectivity index (χ4n) is 2.21. The van der Waals surface area contributed by atoms with Crippen molar-refractivity contribution in [2.45, 2.75) is 6.92 Å². The molecule has 0 bridgehead atoms. The van der Waals surface area contributed by atoms with Crippen molar-refractivity contribution in [2.75, 3.05) is 0 Å². The van der Waals surface area contributed by atoms with Crippen LogP contribution in [0.15, 0.2) is 45.4 Å². The molecule has 0 fully saturated rings. The second-order valence-corrected chi connectivity index (χ2v) is 5.75. The molecule has 0 saturated heterocycles. The molecule has 3 aromatic heterocycles. The van der Waals surface area contributed by atoms with E-state index >= 15 is 0 Å². The number of hydrogen-bond donors (Lipinski definition) is 1. The number of nitrogens with one attached hydrogen (secondary N) is 1. The van der Waals surface area contributed by atoms with Crippen molar-refractivity contribution < 1.29 is 4.42 Å². The molecule has 0 atom stereocenters. The van der Waals surface area contributed by atoms with E-state index in [2.05, 4.69) is 54.3 Å². The highest BCUT2D eigenvalue weighted by Crippen LogP contribution is 2.27. The molecule has 7 heteroatoms. The molecule has 0 spiro atoms. The molecular weight excluding hydrogens is 346 g/mol. The van der Waals surface area contributed by atoms with E-state index in [1.165, 1.54) is 5.56 Å². The molecule has 1 N–H and O–H groups in total. The number of rotatable bonds is 2. The van der Waals surface area contributed by atoms with Crippen LogP contribution in [0.5, 0.6) is 0 Å². The summed E-state index contributed by atoms with van der Waals surface area (Å²) in [5.74, 6) is 0.740. The average molecular weight is 356 g/mol. The number of hydrogen-bond acceptors (Lipinski definition) is 5. The van der Waals surface area contributed by atoms with Crippen molar-refractivity contribution in [1.29, 1.82) is 0 Å². The molecule has 0 amide bonds. The normalized spacial score (nSPS) is 11.2. The summed E-state index contributed by atoms with van der Waals surface area (Å²) in [6.45, 7) is 2.06. The van der Waals surface area contributed by atoms with Crippen molar-refractivity contribution in [1.82, 2.24) is 25.4 Å². The predicted molar refractivity (Wildman–Crippen MR) is 85.1 cm³/mol. The molecule has 108 valence electrons. The highest BCUT2D eigenvalue weighted by molar-refractivity contribution is 9.10. The average Bonchev–Trinajstić information content (AvgIpc) is 3.15. The van der Waals surface area contributed by atoms with Gasteiger partial charge in [-0.05, 0) is 41.1 Å². The van der Waals surface area contributed by atoms with Crippen LogP contribution in [0.4, 0.5) is 0 Å². The maximum Gasteiger partial charge on any atom is 0.267 e. The van der Waals surface area contributed by atoms with E-state index in [0.29, 0.717) is 23.2 Å². The zero-order valence-electron chi connectivity index (χ0n) is 11.5. The summed E-state index contributed by atoms with van der Waals surface area (Å²) in [4.78, 5) is 4.57. The van der Waals surface area contributed by atoms with E-state index in [4.69, 9.17) is 4.42 Å². The minimum absolute atomic E-state index is 0.366. The first kappa shape index (κ1) is 13.1. The third-order valence-corrected chi connectivity index (χ3v) is 3.90. The van der Waals surface area contributed by atoms with Crippen LogP contribution in [0.1, 0.15) is 5.56 Å². The Morgan fingerprint density at radius 2 is 1.95 bits per heavy atom. The summed E-state index contributed by atoms with van der Waals surface area (Å²) in [5.41, 5.74) is 3.39. The Balaban J connectivity index is 1.78. The van der Waals surface area contributed by atoms with Crippen LogP contribution in [-0.4, -0.2) is 25.4 Å². The minimum Gasteiger partial charge on any atom is -0.413 e. The third-order valence-electron chi connectivity index (χ3n) is 3.30. The van der Waals surface area contributed by atoms with Crippen molar-refractivity contribution in [3.05, 3.63) is 46.6 Å². The number of aromatic nitrogens is 5. The standard InChI is InChI=1S/C15H10BrN5O/c1-8-2-4-11-9(6-8)3-5-12(18-11)14-20-21-15(22-14)13-10(16)7-17-19-13/h2-7H,1H3,(H,17,19). The van der Waals surface area contributed by atoms with Gasteiger partial charge in [-0.3, -0.25) is 5.10 Å². The number of nitrogens with zero attached hydrogens (tertiary/aromatic N) is 4. The molecule has 22 heavy (non-hydrogen) atoms. The molecule has 0 aliphatic heterocycles. The molecule has 0 saturated carbocycles. The Labute approximate surface area is 133 Å². The quantitative estimate of drug-likeness (QED) is 0.592. The topological polar surface area (TPSA) is 80.5 Å². The van der Waals surface area contributed by atoms with Crippen LogP contribution in [0.3, 0.4) is 0 Å². The van der Waals surface area contributed by atoms with Gasteiger partial charge in [0.15, 0.2) is 0 Å². The Kier molecular flexibility index (Phi) is 3.00. The Morgan fingerprint density at radius 3 is 2.77 bits per heavy atom. The number of fused-ring (bicyclic) bond motifs is 1. The lowest BCUT2D eigenvalue weighted by atomic mass is 10.1. The van der Waals surface area contributed by atoms with Crippen LogP contribution >= 0.6 is 15.9 Å². The van der Waals surface area contributed by atoms with Gasteiger partial charge in [0.25, 0.3) is 11.8 Å². The first-order valence-corrected chi connectivity index (χ1v) is 7.40. The molecule has 1 aromatic carbocycles. The van der Waals surface area contributed by atoms with Crippen molar-refractivity contribution >= 4 is 26.8 Å². The van der Waals surface area contributed by atoms with Gasteiger partial charge in [-0.1, -0.05) is 17.7 Å². The number of aryl methyl sites for hydroxylation is 1. The zero-order chi connectivity index (χ0) is 15.1. The smallest absolute Gasteiger partial charge is 0.267 e. The van der Waals surface area contributed by atoms with Gasteiger partial charge in [0.1, 0.15) is 11.4 Å². The molecule has 0 radical (unpaired) electrons. The Hall–Kier alpha value is -2.54. The maximum atomic E-state index is 5.68. The molecule has 0 unspecified atom stereocenters. The van der Waals surface area contributed by atoms with E-state index in [1.807, 2.05) is 24.3 Å². The van der Waals surface area contributed by atoms with Crippen molar-refractivity contribution in [3.8, 4) is 23.2 Å². The summed E-state index contributed by atoms with van der Waals surface area (Å²) in [5, 5.41) is 15.9. The third kappa shape index (κ3) is 2.19. The second kappa shape index (κ2) is 5.03. The first-order chi connectivity index (χ1) is 10.7. The van der Waals surface area contributed by atoms with Gasteiger partial charge in [-0.25, -0.2) is 4.98 Å². The molecular formula is C15H10BrN5O. The molecule has 4 rings (SSSR count). The zero-order valence-corrected chi connectivity index (χ0v) is 13.1. The molecule has 3 heterocycles. The lowest BCUT2D eigenvalue weighted by Crippen LogP contribution is -1.86. The maximum absolute atomic E-state index is 5.68. The number of pyridine rings is 1. The fraction of sp³-hybridized carbons (Fsp3) is 0.0667. The number of benzene rings is 1. The lowest BCUT2D eigenvalue weighted by Gasteiger charge is -2.00.